The number of nitrogens with one attached hydrogen (secondary N) is 1. The zero-order valence-corrected chi connectivity index (χ0v) is 11.8. The lowest BCUT2D eigenvalue weighted by Crippen LogP contribution is -2.24. The maximum Gasteiger partial charge on any atom is 0.162 e. The Morgan fingerprint density at radius 2 is 2.35 bits per heavy atom. The Kier molecular flexibility index (Phi) is 3.94. The summed E-state index contributed by atoms with van der Waals surface area (Å²) in [5, 5.41) is 13.6. The molecule has 17 heavy (non-hydrogen) atoms. The number of rotatable bonds is 3. The molecule has 2 N–H and O–H groups in total. The molecule has 1 saturated heterocycles. The molecule has 0 radical (unpaired) electrons. The number of ether oxygens (including phenoxy) is 1. The lowest BCUT2D eigenvalue weighted by Gasteiger charge is -2.16. The van der Waals surface area contributed by atoms with Crippen LogP contribution in [0.4, 0.5) is 0 Å². The summed E-state index contributed by atoms with van der Waals surface area (Å²) in [6.45, 7) is 3.09. The van der Waals surface area contributed by atoms with Crippen molar-refractivity contribution in [2.75, 3.05) is 13.7 Å². The zero-order chi connectivity index (χ0) is 12.4. The van der Waals surface area contributed by atoms with Crippen LogP contribution < -0.4 is 10.1 Å². The Bertz CT molecular complexity index is 414. The van der Waals surface area contributed by atoms with Crippen molar-refractivity contribution in [3.05, 3.63) is 21.7 Å². The molecule has 1 aliphatic rings. The minimum Gasteiger partial charge on any atom is -0.504 e. The van der Waals surface area contributed by atoms with E-state index in [4.69, 9.17) is 4.74 Å². The van der Waals surface area contributed by atoms with E-state index in [-0.39, 0.29) is 5.75 Å². The summed E-state index contributed by atoms with van der Waals surface area (Å²) in [6.07, 6.45) is 3.22. The van der Waals surface area contributed by atoms with Crippen LogP contribution in [0.5, 0.6) is 11.5 Å². The number of phenolic OH excluding ortho intramolecular Hbond substituents is 1. The van der Waals surface area contributed by atoms with Crippen molar-refractivity contribution in [1.29, 1.82) is 0 Å². The van der Waals surface area contributed by atoms with Crippen molar-refractivity contribution in [2.45, 2.75) is 32.2 Å². The van der Waals surface area contributed by atoms with Crippen LogP contribution in [0.15, 0.2) is 10.5 Å². The number of phenols is 1. The molecule has 94 valence electrons. The number of aromatic hydroxyl groups is 1. The first kappa shape index (κ1) is 12.7. The third kappa shape index (κ3) is 2.58. The molecule has 0 aromatic heterocycles. The maximum absolute atomic E-state index is 10.2. The first-order chi connectivity index (χ1) is 8.13. The predicted octanol–water partition coefficient (Wildman–Crippen LogP) is 2.77. The quantitative estimate of drug-likeness (QED) is 0.902. The molecule has 1 atom stereocenters. The Balaban J connectivity index is 2.33. The third-order valence-electron chi connectivity index (χ3n) is 3.31. The molecule has 3 nitrogen and oxygen atoms in total. The fourth-order valence-corrected chi connectivity index (χ4v) is 2.80. The van der Waals surface area contributed by atoms with Gasteiger partial charge in [0, 0.05) is 16.1 Å². The molecule has 1 aliphatic heterocycles. The largest absolute Gasteiger partial charge is 0.504 e. The average Bonchev–Trinajstić information content (AvgIpc) is 2.82. The molecule has 0 aliphatic carbocycles. The van der Waals surface area contributed by atoms with E-state index in [1.807, 2.05) is 13.0 Å². The molecular weight excluding hydrogens is 282 g/mol. The van der Waals surface area contributed by atoms with E-state index in [1.165, 1.54) is 12.8 Å². The third-order valence-corrected chi connectivity index (χ3v) is 4.41. The van der Waals surface area contributed by atoms with E-state index in [1.54, 1.807) is 7.11 Å². The Hall–Kier alpha value is -0.740. The van der Waals surface area contributed by atoms with Crippen molar-refractivity contribution in [3.63, 3.8) is 0 Å². The second kappa shape index (κ2) is 5.27. The molecule has 1 heterocycles. The minimum atomic E-state index is 0.263. The van der Waals surface area contributed by atoms with Gasteiger partial charge in [-0.3, -0.25) is 0 Å². The van der Waals surface area contributed by atoms with Crippen LogP contribution in [0, 0.1) is 6.92 Å². The summed E-state index contributed by atoms with van der Waals surface area (Å²) < 4.78 is 6.18. The highest BCUT2D eigenvalue weighted by molar-refractivity contribution is 9.10. The standard InChI is InChI=1S/C13H18BrNO2/c1-8-6-11(17-2)13(16)10(12(8)14)7-9-4-3-5-15-9/h6,9,15-16H,3-5,7H2,1-2H3. The van der Waals surface area contributed by atoms with Crippen LogP contribution in [0.3, 0.4) is 0 Å². The molecule has 0 spiro atoms. The molecule has 4 heteroatoms. The normalized spacial score (nSPS) is 19.6. The summed E-state index contributed by atoms with van der Waals surface area (Å²) in [5.41, 5.74) is 2.04. The van der Waals surface area contributed by atoms with E-state index in [2.05, 4.69) is 21.2 Å². The number of halogens is 1. The summed E-state index contributed by atoms with van der Waals surface area (Å²) >= 11 is 3.56. The lowest BCUT2D eigenvalue weighted by atomic mass is 10.0. The molecule has 1 unspecified atom stereocenters. The number of methoxy groups -OCH3 is 1. The molecule has 1 aromatic carbocycles. The topological polar surface area (TPSA) is 41.5 Å². The number of hydrogen-bond acceptors (Lipinski definition) is 3. The summed E-state index contributed by atoms with van der Waals surface area (Å²) in [5.74, 6) is 0.817. The van der Waals surface area contributed by atoms with E-state index in [0.29, 0.717) is 11.8 Å². The number of hydrogen-bond donors (Lipinski definition) is 2. The minimum absolute atomic E-state index is 0.263. The van der Waals surface area contributed by atoms with Crippen molar-refractivity contribution in [1.82, 2.24) is 5.32 Å². The SMILES string of the molecule is COc1cc(C)c(Br)c(CC2CCCN2)c1O. The van der Waals surface area contributed by atoms with Gasteiger partial charge in [0.25, 0.3) is 0 Å². The van der Waals surface area contributed by atoms with Gasteiger partial charge in [-0.25, -0.2) is 0 Å². The van der Waals surface area contributed by atoms with Crippen LogP contribution in [-0.4, -0.2) is 24.8 Å². The summed E-state index contributed by atoms with van der Waals surface area (Å²) in [4.78, 5) is 0. The van der Waals surface area contributed by atoms with E-state index in [9.17, 15) is 5.11 Å². The molecule has 0 bridgehead atoms. The highest BCUT2D eigenvalue weighted by atomic mass is 79.9. The first-order valence-corrected chi connectivity index (χ1v) is 6.71. The predicted molar refractivity (Wildman–Crippen MR) is 71.8 cm³/mol. The summed E-state index contributed by atoms with van der Waals surface area (Å²) in [6, 6.07) is 2.31. The zero-order valence-electron chi connectivity index (χ0n) is 10.2. The molecule has 0 amide bonds. The summed E-state index contributed by atoms with van der Waals surface area (Å²) in [7, 11) is 1.58. The van der Waals surface area contributed by atoms with Crippen LogP contribution in [0.2, 0.25) is 0 Å². The first-order valence-electron chi connectivity index (χ1n) is 5.91. The molecule has 0 saturated carbocycles. The van der Waals surface area contributed by atoms with Gasteiger partial charge in [0.2, 0.25) is 0 Å². The second-order valence-electron chi connectivity index (χ2n) is 4.53. The van der Waals surface area contributed by atoms with E-state index < -0.39 is 0 Å². The van der Waals surface area contributed by atoms with Crippen molar-refractivity contribution >= 4 is 15.9 Å². The van der Waals surface area contributed by atoms with Crippen LogP contribution in [-0.2, 0) is 6.42 Å². The fraction of sp³-hybridized carbons (Fsp3) is 0.538. The van der Waals surface area contributed by atoms with Gasteiger partial charge in [-0.2, -0.15) is 0 Å². The van der Waals surface area contributed by atoms with E-state index >= 15 is 0 Å². The van der Waals surface area contributed by atoms with Gasteiger partial charge in [0.1, 0.15) is 0 Å². The van der Waals surface area contributed by atoms with Gasteiger partial charge in [-0.15, -0.1) is 0 Å². The van der Waals surface area contributed by atoms with Crippen molar-refractivity contribution < 1.29 is 9.84 Å². The monoisotopic (exact) mass is 299 g/mol. The van der Waals surface area contributed by atoms with Crippen LogP contribution >= 0.6 is 15.9 Å². The van der Waals surface area contributed by atoms with Crippen LogP contribution in [0.1, 0.15) is 24.0 Å². The Morgan fingerprint density at radius 3 is 2.94 bits per heavy atom. The molecule has 1 aromatic rings. The van der Waals surface area contributed by atoms with Crippen LogP contribution in [0.25, 0.3) is 0 Å². The number of benzene rings is 1. The van der Waals surface area contributed by atoms with Gasteiger partial charge in [0.05, 0.1) is 7.11 Å². The van der Waals surface area contributed by atoms with Gasteiger partial charge < -0.3 is 15.2 Å². The Labute approximate surface area is 110 Å². The highest BCUT2D eigenvalue weighted by Crippen LogP contribution is 2.38. The fourth-order valence-electron chi connectivity index (χ4n) is 2.34. The molecule has 1 fully saturated rings. The van der Waals surface area contributed by atoms with E-state index in [0.717, 1.165) is 28.6 Å². The lowest BCUT2D eigenvalue weighted by molar-refractivity contribution is 0.368. The van der Waals surface area contributed by atoms with Gasteiger partial charge >= 0.3 is 0 Å². The maximum atomic E-state index is 10.2. The molecular formula is C13H18BrNO2. The van der Waals surface area contributed by atoms with Crippen molar-refractivity contribution in [3.8, 4) is 11.5 Å². The average molecular weight is 300 g/mol. The molecule has 2 rings (SSSR count). The number of aryl methyl sites for hydroxylation is 1. The second-order valence-corrected chi connectivity index (χ2v) is 5.33. The van der Waals surface area contributed by atoms with Crippen molar-refractivity contribution in [2.24, 2.45) is 0 Å². The Morgan fingerprint density at radius 1 is 1.59 bits per heavy atom. The highest BCUT2D eigenvalue weighted by Gasteiger charge is 2.21. The van der Waals surface area contributed by atoms with Gasteiger partial charge in [-0.1, -0.05) is 15.9 Å². The van der Waals surface area contributed by atoms with Gasteiger partial charge in [-0.05, 0) is 44.4 Å². The van der Waals surface area contributed by atoms with Gasteiger partial charge in [0.15, 0.2) is 11.5 Å². The smallest absolute Gasteiger partial charge is 0.162 e.